The maximum atomic E-state index is 11.4. The van der Waals surface area contributed by atoms with Crippen LogP contribution in [-0.2, 0) is 19.1 Å². The standard InChI is InChI=1S/C12H15N3O6/c1-8-4-9(15(18)19)5-13-12(8)14(6-10(16)20-2)7-11(17)21-3/h4-5H,6-7H2,1-3H3. The Balaban J connectivity index is 3.09. The zero-order chi connectivity index (χ0) is 16.0. The summed E-state index contributed by atoms with van der Waals surface area (Å²) >= 11 is 0. The van der Waals surface area contributed by atoms with E-state index in [4.69, 9.17) is 0 Å². The number of esters is 2. The molecule has 1 aromatic heterocycles. The largest absolute Gasteiger partial charge is 0.468 e. The molecule has 0 N–H and O–H groups in total. The first kappa shape index (κ1) is 16.3. The number of nitro groups is 1. The van der Waals surface area contributed by atoms with Gasteiger partial charge in [-0.2, -0.15) is 0 Å². The number of rotatable bonds is 6. The maximum Gasteiger partial charge on any atom is 0.325 e. The molecule has 0 unspecified atom stereocenters. The molecule has 0 saturated carbocycles. The van der Waals surface area contributed by atoms with Crippen molar-refractivity contribution in [1.82, 2.24) is 4.98 Å². The van der Waals surface area contributed by atoms with Crippen molar-refractivity contribution in [2.75, 3.05) is 32.2 Å². The van der Waals surface area contributed by atoms with E-state index in [1.165, 1.54) is 25.2 Å². The van der Waals surface area contributed by atoms with Crippen LogP contribution < -0.4 is 4.90 Å². The molecule has 9 nitrogen and oxygen atoms in total. The van der Waals surface area contributed by atoms with Crippen LogP contribution in [0.3, 0.4) is 0 Å². The van der Waals surface area contributed by atoms with E-state index in [1.807, 2.05) is 0 Å². The molecular formula is C12H15N3O6. The quantitative estimate of drug-likeness (QED) is 0.422. The molecule has 1 aromatic rings. The zero-order valence-electron chi connectivity index (χ0n) is 11.9. The highest BCUT2D eigenvalue weighted by molar-refractivity contribution is 5.81. The fraction of sp³-hybridized carbons (Fsp3) is 0.417. The summed E-state index contributed by atoms with van der Waals surface area (Å²) in [4.78, 5) is 38.2. The molecular weight excluding hydrogens is 282 g/mol. The van der Waals surface area contributed by atoms with E-state index in [2.05, 4.69) is 14.5 Å². The minimum atomic E-state index is -0.575. The van der Waals surface area contributed by atoms with Gasteiger partial charge in [-0.1, -0.05) is 0 Å². The Bertz CT molecular complexity index is 542. The average Bonchev–Trinajstić information content (AvgIpc) is 2.45. The summed E-state index contributed by atoms with van der Waals surface area (Å²) in [5.41, 5.74) is 0.282. The number of ether oxygens (including phenoxy) is 2. The third-order valence-electron chi connectivity index (χ3n) is 2.64. The fourth-order valence-electron chi connectivity index (χ4n) is 1.63. The van der Waals surface area contributed by atoms with Crippen molar-refractivity contribution in [2.24, 2.45) is 0 Å². The predicted molar refractivity (Wildman–Crippen MR) is 71.9 cm³/mol. The monoisotopic (exact) mass is 297 g/mol. The van der Waals surface area contributed by atoms with E-state index in [-0.39, 0.29) is 24.6 Å². The molecule has 114 valence electrons. The molecule has 0 amide bonds. The van der Waals surface area contributed by atoms with E-state index >= 15 is 0 Å². The number of hydrogen-bond acceptors (Lipinski definition) is 8. The summed E-state index contributed by atoms with van der Waals surface area (Å²) in [7, 11) is 2.43. The Morgan fingerprint density at radius 3 is 2.19 bits per heavy atom. The highest BCUT2D eigenvalue weighted by Crippen LogP contribution is 2.21. The molecule has 0 radical (unpaired) electrons. The number of aromatic nitrogens is 1. The molecule has 0 bridgehead atoms. The summed E-state index contributed by atoms with van der Waals surface area (Å²) in [6, 6.07) is 1.31. The lowest BCUT2D eigenvalue weighted by molar-refractivity contribution is -0.385. The first-order chi connectivity index (χ1) is 9.88. The van der Waals surface area contributed by atoms with Gasteiger partial charge in [0.05, 0.1) is 19.1 Å². The van der Waals surface area contributed by atoms with E-state index in [9.17, 15) is 19.7 Å². The lowest BCUT2D eigenvalue weighted by atomic mass is 10.2. The second-order valence-electron chi connectivity index (χ2n) is 4.10. The van der Waals surface area contributed by atoms with Crippen LogP contribution in [0.1, 0.15) is 5.56 Å². The normalized spacial score (nSPS) is 9.86. The van der Waals surface area contributed by atoms with E-state index in [1.54, 1.807) is 6.92 Å². The molecule has 1 heterocycles. The summed E-state index contributed by atoms with van der Waals surface area (Å²) in [5.74, 6) is -0.867. The smallest absolute Gasteiger partial charge is 0.325 e. The van der Waals surface area contributed by atoms with Gasteiger partial charge in [-0.15, -0.1) is 0 Å². The molecule has 0 spiro atoms. The van der Waals surface area contributed by atoms with Gasteiger partial charge in [-0.25, -0.2) is 4.98 Å². The number of pyridine rings is 1. The maximum absolute atomic E-state index is 11.4. The molecule has 9 heteroatoms. The molecule has 1 rings (SSSR count). The predicted octanol–water partition coefficient (Wildman–Crippen LogP) is 0.451. The number of aryl methyl sites for hydroxylation is 1. The van der Waals surface area contributed by atoms with Crippen molar-refractivity contribution in [3.8, 4) is 0 Å². The third-order valence-corrected chi connectivity index (χ3v) is 2.64. The molecule has 0 aliphatic carbocycles. The number of methoxy groups -OCH3 is 2. The molecule has 0 aliphatic heterocycles. The van der Waals surface area contributed by atoms with Crippen molar-refractivity contribution in [2.45, 2.75) is 6.92 Å². The van der Waals surface area contributed by atoms with Gasteiger partial charge in [0.2, 0.25) is 0 Å². The molecule has 0 saturated heterocycles. The third kappa shape index (κ3) is 4.41. The summed E-state index contributed by atoms with van der Waals surface area (Å²) in [6.45, 7) is 1.14. The van der Waals surface area contributed by atoms with Crippen LogP contribution in [0, 0.1) is 17.0 Å². The van der Waals surface area contributed by atoms with Gasteiger partial charge in [0.15, 0.2) is 0 Å². The van der Waals surface area contributed by atoms with E-state index < -0.39 is 16.9 Å². The number of carbonyl (C=O) groups is 2. The summed E-state index contributed by atoms with van der Waals surface area (Å²) in [6.07, 6.45) is 1.06. The summed E-state index contributed by atoms with van der Waals surface area (Å²) < 4.78 is 9.10. The van der Waals surface area contributed by atoms with Gasteiger partial charge in [0.25, 0.3) is 5.69 Å². The van der Waals surface area contributed by atoms with Crippen molar-refractivity contribution in [3.63, 3.8) is 0 Å². The summed E-state index contributed by atoms with van der Waals surface area (Å²) in [5, 5.41) is 10.7. The van der Waals surface area contributed by atoms with E-state index in [0.717, 1.165) is 6.20 Å². The fourth-order valence-corrected chi connectivity index (χ4v) is 1.63. The molecule has 0 fully saturated rings. The number of hydrogen-bond donors (Lipinski definition) is 0. The minimum Gasteiger partial charge on any atom is -0.468 e. The second kappa shape index (κ2) is 7.17. The Morgan fingerprint density at radius 1 is 1.29 bits per heavy atom. The van der Waals surface area contributed by atoms with E-state index in [0.29, 0.717) is 5.56 Å². The number of nitrogens with zero attached hydrogens (tertiary/aromatic N) is 3. The van der Waals surface area contributed by atoms with Gasteiger partial charge in [-0.05, 0) is 12.5 Å². The zero-order valence-corrected chi connectivity index (χ0v) is 11.9. The van der Waals surface area contributed by atoms with Crippen LogP contribution >= 0.6 is 0 Å². The van der Waals surface area contributed by atoms with Gasteiger partial charge in [0.1, 0.15) is 25.1 Å². The van der Waals surface area contributed by atoms with Gasteiger partial charge in [-0.3, -0.25) is 19.7 Å². The van der Waals surface area contributed by atoms with Crippen LogP contribution in [0.4, 0.5) is 11.5 Å². The lowest BCUT2D eigenvalue weighted by Gasteiger charge is -2.22. The SMILES string of the molecule is COC(=O)CN(CC(=O)OC)c1ncc([N+](=O)[O-])cc1C. The second-order valence-corrected chi connectivity index (χ2v) is 4.10. The molecule has 0 aliphatic rings. The topological polar surface area (TPSA) is 112 Å². The highest BCUT2D eigenvalue weighted by Gasteiger charge is 2.20. The van der Waals surface area contributed by atoms with Crippen LogP contribution in [0.25, 0.3) is 0 Å². The molecule has 21 heavy (non-hydrogen) atoms. The Hall–Kier alpha value is -2.71. The molecule has 0 aromatic carbocycles. The van der Waals surface area contributed by atoms with Crippen molar-refractivity contribution in [3.05, 3.63) is 27.9 Å². The van der Waals surface area contributed by atoms with Crippen molar-refractivity contribution in [1.29, 1.82) is 0 Å². The van der Waals surface area contributed by atoms with Gasteiger partial charge < -0.3 is 14.4 Å². The van der Waals surface area contributed by atoms with Crippen LogP contribution in [-0.4, -0.2) is 49.2 Å². The molecule has 0 atom stereocenters. The van der Waals surface area contributed by atoms with Crippen molar-refractivity contribution < 1.29 is 24.0 Å². The Morgan fingerprint density at radius 2 is 1.81 bits per heavy atom. The minimum absolute atomic E-state index is 0.174. The van der Waals surface area contributed by atoms with Crippen LogP contribution in [0.15, 0.2) is 12.3 Å². The number of anilines is 1. The van der Waals surface area contributed by atoms with Gasteiger partial charge in [0, 0.05) is 6.07 Å². The first-order valence-corrected chi connectivity index (χ1v) is 5.88. The van der Waals surface area contributed by atoms with Crippen LogP contribution in [0.2, 0.25) is 0 Å². The van der Waals surface area contributed by atoms with Gasteiger partial charge >= 0.3 is 11.9 Å². The first-order valence-electron chi connectivity index (χ1n) is 5.88. The Kier molecular flexibility index (Phi) is 5.58. The average molecular weight is 297 g/mol. The number of carbonyl (C=O) groups excluding carboxylic acids is 2. The Labute approximate surface area is 120 Å². The lowest BCUT2D eigenvalue weighted by Crippen LogP contribution is -2.36. The van der Waals surface area contributed by atoms with Crippen molar-refractivity contribution >= 4 is 23.4 Å². The van der Waals surface area contributed by atoms with Crippen LogP contribution in [0.5, 0.6) is 0 Å². The highest BCUT2D eigenvalue weighted by atomic mass is 16.6.